The number of aromatic nitrogens is 1. The average molecular weight is 402 g/mol. The predicted molar refractivity (Wildman–Crippen MR) is 130 cm³/mol. The molecular weight excluding hydrogens is 378 g/mol. The number of aryl methyl sites for hydroxylation is 3. The van der Waals surface area contributed by atoms with E-state index in [0.29, 0.717) is 0 Å². The van der Waals surface area contributed by atoms with Crippen LogP contribution in [0.15, 0.2) is 89.3 Å². The van der Waals surface area contributed by atoms with E-state index in [1.807, 2.05) is 12.1 Å². The number of nitrogens with zero attached hydrogens (tertiary/aromatic N) is 1. The first kappa shape index (κ1) is 18.0. The fourth-order valence-electron chi connectivity index (χ4n) is 5.07. The molecule has 0 radical (unpaired) electrons. The Morgan fingerprint density at radius 2 is 1.39 bits per heavy atom. The van der Waals surface area contributed by atoms with Crippen LogP contribution in [0.25, 0.3) is 49.8 Å². The molecule has 0 spiro atoms. The van der Waals surface area contributed by atoms with Crippen molar-refractivity contribution in [3.63, 3.8) is 0 Å². The molecule has 6 aromatic rings. The third-order valence-corrected chi connectivity index (χ3v) is 6.25. The quantitative estimate of drug-likeness (QED) is 0.286. The molecule has 6 rings (SSSR count). The number of para-hydroxylation sites is 3. The Balaban J connectivity index is 1.76. The lowest BCUT2D eigenvalue weighted by Crippen LogP contribution is -2.03. The smallest absolute Gasteiger partial charge is 0.144 e. The molecule has 0 saturated heterocycles. The van der Waals surface area contributed by atoms with Crippen LogP contribution in [-0.2, 0) is 0 Å². The van der Waals surface area contributed by atoms with Gasteiger partial charge in [-0.25, -0.2) is 0 Å². The lowest BCUT2D eigenvalue weighted by molar-refractivity contribution is 0.669. The van der Waals surface area contributed by atoms with Crippen molar-refractivity contribution in [2.24, 2.45) is 0 Å². The van der Waals surface area contributed by atoms with Gasteiger partial charge in [-0.1, -0.05) is 66.2 Å². The summed E-state index contributed by atoms with van der Waals surface area (Å²) < 4.78 is 8.80. The summed E-state index contributed by atoms with van der Waals surface area (Å²) in [4.78, 5) is 0. The molecule has 2 heteroatoms. The van der Waals surface area contributed by atoms with Crippen molar-refractivity contribution in [3.8, 4) is 16.9 Å². The summed E-state index contributed by atoms with van der Waals surface area (Å²) in [5.41, 5.74) is 10.4. The van der Waals surface area contributed by atoms with Gasteiger partial charge in [0.1, 0.15) is 11.2 Å². The van der Waals surface area contributed by atoms with Crippen molar-refractivity contribution < 1.29 is 4.42 Å². The van der Waals surface area contributed by atoms with E-state index >= 15 is 0 Å². The van der Waals surface area contributed by atoms with Crippen LogP contribution in [0.5, 0.6) is 0 Å². The van der Waals surface area contributed by atoms with E-state index in [0.717, 1.165) is 33.2 Å². The maximum Gasteiger partial charge on any atom is 0.144 e. The van der Waals surface area contributed by atoms with Gasteiger partial charge >= 0.3 is 0 Å². The molecule has 0 aliphatic carbocycles. The van der Waals surface area contributed by atoms with Gasteiger partial charge in [-0.15, -0.1) is 0 Å². The van der Waals surface area contributed by atoms with Crippen molar-refractivity contribution in [2.75, 3.05) is 0 Å². The Labute approximate surface area is 181 Å². The molecule has 0 aliphatic heterocycles. The molecule has 4 aromatic carbocycles. The molecule has 150 valence electrons. The highest BCUT2D eigenvalue weighted by molar-refractivity contribution is 6.10. The third-order valence-electron chi connectivity index (χ3n) is 6.25. The van der Waals surface area contributed by atoms with Gasteiger partial charge in [0.15, 0.2) is 0 Å². The summed E-state index contributed by atoms with van der Waals surface area (Å²) in [5.74, 6) is 0. The number of hydrogen-bond acceptors (Lipinski definition) is 1. The van der Waals surface area contributed by atoms with E-state index in [9.17, 15) is 0 Å². The van der Waals surface area contributed by atoms with Crippen molar-refractivity contribution >= 4 is 32.8 Å². The maximum atomic E-state index is 6.39. The van der Waals surface area contributed by atoms with Crippen molar-refractivity contribution in [1.29, 1.82) is 0 Å². The molecule has 0 saturated carbocycles. The molecule has 0 amide bonds. The zero-order valence-corrected chi connectivity index (χ0v) is 17.9. The number of fused-ring (bicyclic) bond motifs is 4. The Morgan fingerprint density at radius 1 is 0.677 bits per heavy atom. The van der Waals surface area contributed by atoms with Crippen LogP contribution in [0, 0.1) is 20.8 Å². The molecule has 0 aliphatic rings. The lowest BCUT2D eigenvalue weighted by Gasteiger charge is -2.17. The minimum atomic E-state index is 0.926. The molecule has 2 heterocycles. The first-order valence-corrected chi connectivity index (χ1v) is 10.7. The highest BCUT2D eigenvalue weighted by Gasteiger charge is 2.19. The molecule has 0 N–H and O–H groups in total. The summed E-state index contributed by atoms with van der Waals surface area (Å²) in [6, 6.07) is 30.2. The minimum absolute atomic E-state index is 0.926. The van der Waals surface area contributed by atoms with E-state index < -0.39 is 0 Å². The highest BCUT2D eigenvalue weighted by atomic mass is 16.3. The maximum absolute atomic E-state index is 6.39. The van der Waals surface area contributed by atoms with Crippen LogP contribution in [0.4, 0.5) is 0 Å². The monoisotopic (exact) mass is 401 g/mol. The van der Waals surface area contributed by atoms with Gasteiger partial charge in [0.25, 0.3) is 0 Å². The van der Waals surface area contributed by atoms with Crippen molar-refractivity contribution in [1.82, 2.24) is 4.57 Å². The van der Waals surface area contributed by atoms with Gasteiger partial charge < -0.3 is 8.98 Å². The van der Waals surface area contributed by atoms with Crippen LogP contribution in [0.2, 0.25) is 0 Å². The standard InChI is InChI=1S/C29H23NO/c1-18-15-19(2)28(20(3)16-18)30-25-13-6-4-9-21(25)17-26(30)24-12-8-11-23-22-10-5-7-14-27(22)31-29(23)24/h4-17H,1-3H3. The Morgan fingerprint density at radius 3 is 2.23 bits per heavy atom. The topological polar surface area (TPSA) is 18.1 Å². The molecular formula is C29H23NO. The second kappa shape index (κ2) is 6.61. The average Bonchev–Trinajstić information content (AvgIpc) is 3.32. The summed E-state index contributed by atoms with van der Waals surface area (Å²) in [6.45, 7) is 6.57. The zero-order valence-electron chi connectivity index (χ0n) is 17.9. The fourth-order valence-corrected chi connectivity index (χ4v) is 5.07. The van der Waals surface area contributed by atoms with E-state index in [1.54, 1.807) is 0 Å². The molecule has 31 heavy (non-hydrogen) atoms. The predicted octanol–water partition coefficient (Wildman–Crippen LogP) is 8.12. The Kier molecular flexibility index (Phi) is 3.85. The summed E-state index contributed by atoms with van der Waals surface area (Å²) in [6.07, 6.45) is 0. The molecule has 2 nitrogen and oxygen atoms in total. The molecule has 0 unspecified atom stereocenters. The second-order valence-corrected chi connectivity index (χ2v) is 8.45. The van der Waals surface area contributed by atoms with Crippen LogP contribution >= 0.6 is 0 Å². The summed E-state index contributed by atoms with van der Waals surface area (Å²) >= 11 is 0. The number of rotatable bonds is 2. The minimum Gasteiger partial charge on any atom is -0.455 e. The summed E-state index contributed by atoms with van der Waals surface area (Å²) in [7, 11) is 0. The third kappa shape index (κ3) is 2.65. The second-order valence-electron chi connectivity index (χ2n) is 8.45. The largest absolute Gasteiger partial charge is 0.455 e. The summed E-state index contributed by atoms with van der Waals surface area (Å²) in [5, 5.41) is 3.54. The van der Waals surface area contributed by atoms with Crippen LogP contribution < -0.4 is 0 Å². The highest BCUT2D eigenvalue weighted by Crippen LogP contribution is 2.40. The van der Waals surface area contributed by atoms with Gasteiger partial charge in [-0.2, -0.15) is 0 Å². The zero-order chi connectivity index (χ0) is 21.1. The SMILES string of the molecule is Cc1cc(C)c(-n2c(-c3cccc4c3oc3ccccc34)cc3ccccc32)c(C)c1. The van der Waals surface area contributed by atoms with Gasteiger partial charge in [0.2, 0.25) is 0 Å². The van der Waals surface area contributed by atoms with E-state index in [1.165, 1.54) is 33.3 Å². The number of furan rings is 1. The first-order valence-electron chi connectivity index (χ1n) is 10.7. The first-order chi connectivity index (χ1) is 15.1. The van der Waals surface area contributed by atoms with Gasteiger partial charge in [0.05, 0.1) is 16.9 Å². The molecule has 2 aromatic heterocycles. The molecule has 0 bridgehead atoms. The Bertz CT molecular complexity index is 1590. The number of benzene rings is 4. The van der Waals surface area contributed by atoms with Crippen LogP contribution in [0.3, 0.4) is 0 Å². The van der Waals surface area contributed by atoms with Crippen LogP contribution in [-0.4, -0.2) is 4.57 Å². The Hall–Kier alpha value is -3.78. The molecule has 0 fully saturated rings. The van der Waals surface area contributed by atoms with Crippen molar-refractivity contribution in [2.45, 2.75) is 20.8 Å². The van der Waals surface area contributed by atoms with Crippen LogP contribution in [0.1, 0.15) is 16.7 Å². The van der Waals surface area contributed by atoms with E-state index in [-0.39, 0.29) is 0 Å². The van der Waals surface area contributed by atoms with Gasteiger partial charge in [-0.3, -0.25) is 0 Å². The van der Waals surface area contributed by atoms with E-state index in [2.05, 4.69) is 98.1 Å². The van der Waals surface area contributed by atoms with Gasteiger partial charge in [0, 0.05) is 21.7 Å². The lowest BCUT2D eigenvalue weighted by atomic mass is 10.0. The normalized spacial score (nSPS) is 11.7. The fraction of sp³-hybridized carbons (Fsp3) is 0.103. The molecule has 0 atom stereocenters. The number of hydrogen-bond donors (Lipinski definition) is 0. The van der Waals surface area contributed by atoms with Gasteiger partial charge in [-0.05, 0) is 56.2 Å². The van der Waals surface area contributed by atoms with Crippen molar-refractivity contribution in [3.05, 3.63) is 102 Å². The van der Waals surface area contributed by atoms with E-state index in [4.69, 9.17) is 4.42 Å².